The van der Waals surface area contributed by atoms with E-state index >= 15 is 0 Å². The maximum Gasteiger partial charge on any atom is 0.335 e. The van der Waals surface area contributed by atoms with Crippen LogP contribution >= 0.6 is 0 Å². The van der Waals surface area contributed by atoms with Crippen molar-refractivity contribution in [3.05, 3.63) is 71.3 Å². The lowest BCUT2D eigenvalue weighted by molar-refractivity contribution is 0.0603. The summed E-state index contributed by atoms with van der Waals surface area (Å²) in [7, 11) is 1.47. The highest BCUT2D eigenvalue weighted by Gasteiger charge is 2.21. The number of ether oxygens (including phenoxy) is 1. The van der Waals surface area contributed by atoms with Crippen molar-refractivity contribution in [3.63, 3.8) is 0 Å². The van der Waals surface area contributed by atoms with Gasteiger partial charge in [0.2, 0.25) is 0 Å². The SMILES string of the molecule is COC(C(=O)c1ccc(C(=O)O)cc1)c1ccccc1. The molecule has 0 aliphatic carbocycles. The molecule has 1 unspecified atom stereocenters. The molecule has 0 amide bonds. The van der Waals surface area contributed by atoms with E-state index < -0.39 is 12.1 Å². The fourth-order valence-corrected chi connectivity index (χ4v) is 1.95. The summed E-state index contributed by atoms with van der Waals surface area (Å²) >= 11 is 0. The molecule has 4 heteroatoms. The van der Waals surface area contributed by atoms with Gasteiger partial charge >= 0.3 is 5.97 Å². The fourth-order valence-electron chi connectivity index (χ4n) is 1.95. The van der Waals surface area contributed by atoms with Crippen molar-refractivity contribution in [2.24, 2.45) is 0 Å². The summed E-state index contributed by atoms with van der Waals surface area (Å²) in [5, 5.41) is 8.84. The summed E-state index contributed by atoms with van der Waals surface area (Å²) in [5.41, 5.74) is 1.34. The van der Waals surface area contributed by atoms with Crippen LogP contribution in [-0.2, 0) is 4.74 Å². The Labute approximate surface area is 116 Å². The van der Waals surface area contributed by atoms with Crippen molar-refractivity contribution in [1.29, 1.82) is 0 Å². The molecule has 2 aromatic rings. The third-order valence-corrected chi connectivity index (χ3v) is 2.99. The van der Waals surface area contributed by atoms with Gasteiger partial charge in [0.15, 0.2) is 5.78 Å². The molecule has 0 spiro atoms. The fraction of sp³-hybridized carbons (Fsp3) is 0.125. The molecule has 1 atom stereocenters. The molecule has 0 bridgehead atoms. The minimum atomic E-state index is -1.02. The van der Waals surface area contributed by atoms with Gasteiger partial charge in [-0.2, -0.15) is 0 Å². The van der Waals surface area contributed by atoms with E-state index in [1.165, 1.54) is 31.4 Å². The van der Waals surface area contributed by atoms with Crippen molar-refractivity contribution in [2.75, 3.05) is 7.11 Å². The van der Waals surface area contributed by atoms with Gasteiger partial charge in [-0.1, -0.05) is 42.5 Å². The number of ketones is 1. The third kappa shape index (κ3) is 2.92. The molecule has 1 N–H and O–H groups in total. The number of methoxy groups -OCH3 is 1. The van der Waals surface area contributed by atoms with Crippen LogP contribution in [0.25, 0.3) is 0 Å². The lowest BCUT2D eigenvalue weighted by Gasteiger charge is -2.14. The minimum absolute atomic E-state index is 0.148. The van der Waals surface area contributed by atoms with Crippen LogP contribution in [0.15, 0.2) is 54.6 Å². The molecule has 0 radical (unpaired) electrons. The first-order valence-corrected chi connectivity index (χ1v) is 6.09. The molecule has 0 aliphatic rings. The number of carboxylic acid groups (broad SMARTS) is 1. The molecule has 2 aromatic carbocycles. The van der Waals surface area contributed by atoms with Crippen molar-refractivity contribution in [2.45, 2.75) is 6.10 Å². The summed E-state index contributed by atoms with van der Waals surface area (Å²) in [6, 6.07) is 15.0. The van der Waals surface area contributed by atoms with Gasteiger partial charge in [0.25, 0.3) is 0 Å². The minimum Gasteiger partial charge on any atom is -0.478 e. The predicted octanol–water partition coefficient (Wildman–Crippen LogP) is 2.96. The van der Waals surface area contributed by atoms with Crippen molar-refractivity contribution in [1.82, 2.24) is 0 Å². The van der Waals surface area contributed by atoms with Gasteiger partial charge in [0, 0.05) is 12.7 Å². The van der Waals surface area contributed by atoms with E-state index in [1.807, 2.05) is 30.3 Å². The highest BCUT2D eigenvalue weighted by Crippen LogP contribution is 2.21. The van der Waals surface area contributed by atoms with Crippen molar-refractivity contribution >= 4 is 11.8 Å². The first kappa shape index (κ1) is 14.0. The number of aromatic carboxylic acids is 1. The Morgan fingerprint density at radius 2 is 1.50 bits per heavy atom. The molecular weight excluding hydrogens is 256 g/mol. The topological polar surface area (TPSA) is 63.6 Å². The van der Waals surface area contributed by atoms with Crippen LogP contribution in [0.4, 0.5) is 0 Å². The molecule has 0 fully saturated rings. The molecule has 20 heavy (non-hydrogen) atoms. The molecular formula is C16H14O4. The molecule has 4 nitrogen and oxygen atoms in total. The van der Waals surface area contributed by atoms with Gasteiger partial charge in [0.1, 0.15) is 6.10 Å². The molecule has 0 saturated heterocycles. The van der Waals surface area contributed by atoms with Gasteiger partial charge in [0.05, 0.1) is 5.56 Å². The first-order valence-electron chi connectivity index (χ1n) is 6.09. The normalized spacial score (nSPS) is 11.8. The summed E-state index contributed by atoms with van der Waals surface area (Å²) in [6.07, 6.45) is -0.688. The van der Waals surface area contributed by atoms with Gasteiger partial charge in [-0.3, -0.25) is 4.79 Å². The quantitative estimate of drug-likeness (QED) is 0.848. The number of benzene rings is 2. The van der Waals surface area contributed by atoms with Crippen LogP contribution in [0.2, 0.25) is 0 Å². The van der Waals surface area contributed by atoms with Crippen LogP contribution in [0, 0.1) is 0 Å². The molecule has 0 heterocycles. The first-order chi connectivity index (χ1) is 9.63. The zero-order valence-corrected chi connectivity index (χ0v) is 10.9. The Morgan fingerprint density at radius 3 is 2.00 bits per heavy atom. The van der Waals surface area contributed by atoms with Gasteiger partial charge in [-0.05, 0) is 17.7 Å². The third-order valence-electron chi connectivity index (χ3n) is 2.99. The highest BCUT2D eigenvalue weighted by molar-refractivity contribution is 6.00. The Morgan fingerprint density at radius 1 is 0.950 bits per heavy atom. The van der Waals surface area contributed by atoms with Crippen LogP contribution in [-0.4, -0.2) is 24.0 Å². The van der Waals surface area contributed by atoms with E-state index in [4.69, 9.17) is 9.84 Å². The van der Waals surface area contributed by atoms with Crippen LogP contribution < -0.4 is 0 Å². The van der Waals surface area contributed by atoms with Crippen molar-refractivity contribution in [3.8, 4) is 0 Å². The number of hydrogen-bond acceptors (Lipinski definition) is 3. The molecule has 0 saturated carbocycles. The summed E-state index contributed by atoms with van der Waals surface area (Å²) in [4.78, 5) is 23.2. The Bertz CT molecular complexity index is 602. The summed E-state index contributed by atoms with van der Waals surface area (Å²) in [6.45, 7) is 0. The summed E-state index contributed by atoms with van der Waals surface area (Å²) in [5.74, 6) is -1.22. The Kier molecular flexibility index (Phi) is 4.27. The van der Waals surface area contributed by atoms with Gasteiger partial charge in [-0.15, -0.1) is 0 Å². The highest BCUT2D eigenvalue weighted by atomic mass is 16.5. The van der Waals surface area contributed by atoms with E-state index in [9.17, 15) is 9.59 Å². The number of carbonyl (C=O) groups is 2. The number of Topliss-reactive ketones (excluding diaryl/α,β-unsaturated/α-hetero) is 1. The van der Waals surface area contributed by atoms with E-state index in [0.29, 0.717) is 5.56 Å². The maximum absolute atomic E-state index is 12.4. The van der Waals surface area contributed by atoms with Crippen molar-refractivity contribution < 1.29 is 19.4 Å². The largest absolute Gasteiger partial charge is 0.478 e. The average molecular weight is 270 g/mol. The molecule has 2 rings (SSSR count). The monoisotopic (exact) mass is 270 g/mol. The van der Waals surface area contributed by atoms with Crippen LogP contribution in [0.3, 0.4) is 0 Å². The number of carbonyl (C=O) groups excluding carboxylic acids is 1. The maximum atomic E-state index is 12.4. The molecule has 0 aliphatic heterocycles. The lowest BCUT2D eigenvalue weighted by Crippen LogP contribution is -2.15. The van der Waals surface area contributed by atoms with Crippen LogP contribution in [0.1, 0.15) is 32.4 Å². The Balaban J connectivity index is 2.27. The van der Waals surface area contributed by atoms with E-state index in [1.54, 1.807) is 0 Å². The van der Waals surface area contributed by atoms with Gasteiger partial charge in [-0.25, -0.2) is 4.79 Å². The molecule has 102 valence electrons. The second-order valence-electron chi connectivity index (χ2n) is 4.27. The van der Waals surface area contributed by atoms with Gasteiger partial charge < -0.3 is 9.84 Å². The lowest BCUT2D eigenvalue weighted by atomic mass is 9.99. The average Bonchev–Trinajstić information content (AvgIpc) is 2.49. The van der Waals surface area contributed by atoms with E-state index in [-0.39, 0.29) is 11.3 Å². The summed E-state index contributed by atoms with van der Waals surface area (Å²) < 4.78 is 5.26. The van der Waals surface area contributed by atoms with E-state index in [0.717, 1.165) is 5.56 Å². The second-order valence-corrected chi connectivity index (χ2v) is 4.27. The standard InChI is InChI=1S/C16H14O4/c1-20-15(12-5-3-2-4-6-12)14(17)11-7-9-13(10-8-11)16(18)19/h2-10,15H,1H3,(H,18,19). The number of hydrogen-bond donors (Lipinski definition) is 1. The number of carboxylic acids is 1. The smallest absolute Gasteiger partial charge is 0.335 e. The number of rotatable bonds is 5. The zero-order valence-electron chi connectivity index (χ0n) is 10.9. The predicted molar refractivity (Wildman–Crippen MR) is 73.9 cm³/mol. The van der Waals surface area contributed by atoms with Crippen LogP contribution in [0.5, 0.6) is 0 Å². The van der Waals surface area contributed by atoms with E-state index in [2.05, 4.69) is 0 Å². The molecule has 0 aromatic heterocycles. The second kappa shape index (κ2) is 6.12. The zero-order chi connectivity index (χ0) is 14.5. The Hall–Kier alpha value is -2.46.